The lowest BCUT2D eigenvalue weighted by Gasteiger charge is -2.24. The first kappa shape index (κ1) is 16.5. The highest BCUT2D eigenvalue weighted by molar-refractivity contribution is 6.30. The van der Waals surface area contributed by atoms with Crippen molar-refractivity contribution in [2.75, 3.05) is 11.4 Å². The van der Waals surface area contributed by atoms with Crippen LogP contribution in [0.5, 0.6) is 0 Å². The Kier molecular flexibility index (Phi) is 5.16. The van der Waals surface area contributed by atoms with E-state index < -0.39 is 6.04 Å². The van der Waals surface area contributed by atoms with Crippen molar-refractivity contribution in [2.45, 2.75) is 25.3 Å². The van der Waals surface area contributed by atoms with Gasteiger partial charge in [0, 0.05) is 23.7 Å². The van der Waals surface area contributed by atoms with Crippen LogP contribution >= 0.6 is 11.6 Å². The van der Waals surface area contributed by atoms with E-state index in [0.717, 1.165) is 17.7 Å². The van der Waals surface area contributed by atoms with Crippen molar-refractivity contribution < 1.29 is 9.59 Å². The van der Waals surface area contributed by atoms with Gasteiger partial charge in [-0.1, -0.05) is 41.9 Å². The smallest absolute Gasteiger partial charge is 0.243 e. The fourth-order valence-electron chi connectivity index (χ4n) is 2.94. The summed E-state index contributed by atoms with van der Waals surface area (Å²) in [4.78, 5) is 26.3. The second kappa shape index (κ2) is 7.49. The van der Waals surface area contributed by atoms with Crippen LogP contribution in [-0.4, -0.2) is 24.4 Å². The highest BCUT2D eigenvalue weighted by atomic mass is 35.5. The molecule has 2 aromatic rings. The molecule has 0 radical (unpaired) electrons. The van der Waals surface area contributed by atoms with Gasteiger partial charge in [-0.15, -0.1) is 0 Å². The van der Waals surface area contributed by atoms with E-state index in [-0.39, 0.29) is 11.8 Å². The molecular weight excluding hydrogens is 324 g/mol. The lowest BCUT2D eigenvalue weighted by Crippen LogP contribution is -2.45. The van der Waals surface area contributed by atoms with Crippen LogP contribution in [0.4, 0.5) is 5.69 Å². The average molecular weight is 343 g/mol. The van der Waals surface area contributed by atoms with Gasteiger partial charge in [-0.3, -0.25) is 14.5 Å². The van der Waals surface area contributed by atoms with Gasteiger partial charge in [0.05, 0.1) is 0 Å². The molecular formula is C19H19ClN2O2. The van der Waals surface area contributed by atoms with Crippen LogP contribution in [0.1, 0.15) is 18.4 Å². The van der Waals surface area contributed by atoms with Gasteiger partial charge in [-0.25, -0.2) is 0 Å². The van der Waals surface area contributed by atoms with Crippen molar-refractivity contribution in [1.29, 1.82) is 0 Å². The Balaban J connectivity index is 1.59. The standard InChI is InChI=1S/C19H19ClN2O2/c20-15-8-6-14(7-9-15)12-13-21-19(24)17-10-11-18(23)22(17)16-4-2-1-3-5-16/h1-9,17H,10-13H2,(H,21,24). The Morgan fingerprint density at radius 1 is 1.12 bits per heavy atom. The maximum Gasteiger partial charge on any atom is 0.243 e. The minimum atomic E-state index is -0.426. The van der Waals surface area contributed by atoms with E-state index in [0.29, 0.717) is 24.4 Å². The number of para-hydroxylation sites is 1. The van der Waals surface area contributed by atoms with Gasteiger partial charge in [0.2, 0.25) is 11.8 Å². The quantitative estimate of drug-likeness (QED) is 0.907. The first-order valence-corrected chi connectivity index (χ1v) is 8.42. The zero-order valence-corrected chi connectivity index (χ0v) is 14.0. The highest BCUT2D eigenvalue weighted by Gasteiger charge is 2.36. The summed E-state index contributed by atoms with van der Waals surface area (Å²) in [6, 6.07) is 16.5. The second-order valence-corrected chi connectivity index (χ2v) is 6.26. The molecule has 4 nitrogen and oxygen atoms in total. The largest absolute Gasteiger partial charge is 0.354 e. The van der Waals surface area contributed by atoms with Crippen LogP contribution in [-0.2, 0) is 16.0 Å². The molecule has 0 aliphatic carbocycles. The summed E-state index contributed by atoms with van der Waals surface area (Å²) >= 11 is 5.86. The lowest BCUT2D eigenvalue weighted by molar-refractivity contribution is -0.123. The predicted octanol–water partition coefficient (Wildman–Crippen LogP) is 3.19. The number of rotatable bonds is 5. The molecule has 0 spiro atoms. The van der Waals surface area contributed by atoms with Gasteiger partial charge in [-0.2, -0.15) is 0 Å². The second-order valence-electron chi connectivity index (χ2n) is 5.82. The fraction of sp³-hybridized carbons (Fsp3) is 0.263. The van der Waals surface area contributed by atoms with Gasteiger partial charge in [0.1, 0.15) is 6.04 Å². The van der Waals surface area contributed by atoms with Crippen molar-refractivity contribution in [3.63, 3.8) is 0 Å². The number of hydrogen-bond acceptors (Lipinski definition) is 2. The SMILES string of the molecule is O=C(NCCc1ccc(Cl)cc1)C1CCC(=O)N1c1ccccc1. The molecule has 2 amide bonds. The third kappa shape index (κ3) is 3.77. The molecule has 1 aliphatic heterocycles. The van der Waals surface area contributed by atoms with Crippen molar-refractivity contribution >= 4 is 29.1 Å². The lowest BCUT2D eigenvalue weighted by atomic mass is 10.1. The number of carbonyl (C=O) groups excluding carboxylic acids is 2. The number of hydrogen-bond donors (Lipinski definition) is 1. The van der Waals surface area contributed by atoms with Gasteiger partial charge in [0.15, 0.2) is 0 Å². The molecule has 1 N–H and O–H groups in total. The van der Waals surface area contributed by atoms with E-state index in [1.165, 1.54) is 0 Å². The summed E-state index contributed by atoms with van der Waals surface area (Å²) in [5, 5.41) is 3.64. The van der Waals surface area contributed by atoms with Gasteiger partial charge in [0.25, 0.3) is 0 Å². The average Bonchev–Trinajstić information content (AvgIpc) is 2.99. The third-order valence-electron chi connectivity index (χ3n) is 4.18. The normalized spacial score (nSPS) is 17.1. The summed E-state index contributed by atoms with van der Waals surface area (Å²) in [5.41, 5.74) is 1.89. The number of halogens is 1. The van der Waals surface area contributed by atoms with Crippen LogP contribution in [0, 0.1) is 0 Å². The molecule has 24 heavy (non-hydrogen) atoms. The number of nitrogens with one attached hydrogen (secondary N) is 1. The van der Waals surface area contributed by atoms with Crippen molar-refractivity contribution in [1.82, 2.24) is 5.32 Å². The monoisotopic (exact) mass is 342 g/mol. The summed E-state index contributed by atoms with van der Waals surface area (Å²) in [6.07, 6.45) is 1.69. The number of benzene rings is 2. The van der Waals surface area contributed by atoms with E-state index in [1.54, 1.807) is 4.90 Å². The van der Waals surface area contributed by atoms with Gasteiger partial charge >= 0.3 is 0 Å². The Hall–Kier alpha value is -2.33. The molecule has 1 saturated heterocycles. The molecule has 1 heterocycles. The fourth-order valence-corrected chi connectivity index (χ4v) is 3.07. The zero-order valence-electron chi connectivity index (χ0n) is 13.2. The van der Waals surface area contributed by atoms with Gasteiger partial charge in [-0.05, 0) is 42.7 Å². The number of amides is 2. The molecule has 5 heteroatoms. The van der Waals surface area contributed by atoms with Crippen LogP contribution in [0.25, 0.3) is 0 Å². The molecule has 3 rings (SSSR count). The summed E-state index contributed by atoms with van der Waals surface area (Å²) < 4.78 is 0. The molecule has 124 valence electrons. The molecule has 1 atom stereocenters. The molecule has 2 aromatic carbocycles. The molecule has 1 aliphatic rings. The van der Waals surface area contributed by atoms with E-state index in [9.17, 15) is 9.59 Å². The first-order valence-electron chi connectivity index (χ1n) is 8.04. The van der Waals surface area contributed by atoms with Crippen LogP contribution in [0.2, 0.25) is 5.02 Å². The Labute approximate surface area is 146 Å². The minimum Gasteiger partial charge on any atom is -0.354 e. The zero-order chi connectivity index (χ0) is 16.9. The van der Waals surface area contributed by atoms with Crippen LogP contribution < -0.4 is 10.2 Å². The number of nitrogens with zero attached hydrogens (tertiary/aromatic N) is 1. The molecule has 1 unspecified atom stereocenters. The Bertz CT molecular complexity index is 716. The highest BCUT2D eigenvalue weighted by Crippen LogP contribution is 2.26. The van der Waals surface area contributed by atoms with E-state index in [4.69, 9.17) is 11.6 Å². The summed E-state index contributed by atoms with van der Waals surface area (Å²) in [7, 11) is 0. The molecule has 0 bridgehead atoms. The van der Waals surface area contributed by atoms with Crippen molar-refractivity contribution in [3.8, 4) is 0 Å². The van der Waals surface area contributed by atoms with Crippen molar-refractivity contribution in [3.05, 3.63) is 65.2 Å². The van der Waals surface area contributed by atoms with Crippen LogP contribution in [0.3, 0.4) is 0 Å². The maximum absolute atomic E-state index is 12.5. The Morgan fingerprint density at radius 3 is 2.54 bits per heavy atom. The van der Waals surface area contributed by atoms with E-state index in [1.807, 2.05) is 54.6 Å². The summed E-state index contributed by atoms with van der Waals surface area (Å²) in [6.45, 7) is 0.536. The van der Waals surface area contributed by atoms with Crippen molar-refractivity contribution in [2.24, 2.45) is 0 Å². The maximum atomic E-state index is 12.5. The number of anilines is 1. The first-order chi connectivity index (χ1) is 11.6. The number of carbonyl (C=O) groups is 2. The van der Waals surface area contributed by atoms with E-state index in [2.05, 4.69) is 5.32 Å². The Morgan fingerprint density at radius 2 is 1.83 bits per heavy atom. The van der Waals surface area contributed by atoms with Crippen LogP contribution in [0.15, 0.2) is 54.6 Å². The molecule has 0 aromatic heterocycles. The summed E-state index contributed by atoms with van der Waals surface area (Å²) in [5.74, 6) is -0.0993. The molecule has 1 fully saturated rings. The molecule has 0 saturated carbocycles. The minimum absolute atomic E-state index is 0.000878. The topological polar surface area (TPSA) is 49.4 Å². The third-order valence-corrected chi connectivity index (χ3v) is 4.43. The van der Waals surface area contributed by atoms with E-state index >= 15 is 0 Å². The van der Waals surface area contributed by atoms with Gasteiger partial charge < -0.3 is 5.32 Å². The predicted molar refractivity (Wildman–Crippen MR) is 95.1 cm³/mol.